The molecule has 0 spiro atoms. The van der Waals surface area contributed by atoms with Gasteiger partial charge in [0.15, 0.2) is 6.29 Å². The zero-order valence-electron chi connectivity index (χ0n) is 9.79. The SMILES string of the molecule is CCOC(OCC)C1CCC(C)CC1. The summed E-state index contributed by atoms with van der Waals surface area (Å²) in [7, 11) is 0. The van der Waals surface area contributed by atoms with Crippen molar-refractivity contribution in [2.75, 3.05) is 13.2 Å². The second-order valence-corrected chi connectivity index (χ2v) is 4.30. The Hall–Kier alpha value is -0.0800. The molecule has 0 heterocycles. The fourth-order valence-corrected chi connectivity index (χ4v) is 2.21. The van der Waals surface area contributed by atoms with Crippen molar-refractivity contribution < 1.29 is 9.47 Å². The lowest BCUT2D eigenvalue weighted by Gasteiger charge is -2.32. The summed E-state index contributed by atoms with van der Waals surface area (Å²) in [5.74, 6) is 1.53. The van der Waals surface area contributed by atoms with Gasteiger partial charge in [-0.3, -0.25) is 0 Å². The number of rotatable bonds is 5. The van der Waals surface area contributed by atoms with Gasteiger partial charge in [-0.25, -0.2) is 0 Å². The van der Waals surface area contributed by atoms with Crippen molar-refractivity contribution in [2.24, 2.45) is 11.8 Å². The van der Waals surface area contributed by atoms with Gasteiger partial charge in [0.25, 0.3) is 0 Å². The average molecular weight is 200 g/mol. The molecule has 2 heteroatoms. The molecule has 0 aromatic rings. The van der Waals surface area contributed by atoms with Gasteiger partial charge in [0, 0.05) is 19.1 Å². The quantitative estimate of drug-likeness (QED) is 0.634. The molecule has 0 amide bonds. The predicted molar refractivity (Wildman–Crippen MR) is 58.2 cm³/mol. The van der Waals surface area contributed by atoms with Crippen molar-refractivity contribution in [3.05, 3.63) is 0 Å². The summed E-state index contributed by atoms with van der Waals surface area (Å²) in [5, 5.41) is 0. The molecule has 0 aromatic carbocycles. The molecule has 0 atom stereocenters. The average Bonchev–Trinajstić information content (AvgIpc) is 2.19. The summed E-state index contributed by atoms with van der Waals surface area (Å²) in [6, 6.07) is 0. The van der Waals surface area contributed by atoms with Crippen LogP contribution in [0, 0.1) is 11.8 Å². The molecule has 0 aromatic heterocycles. The molecule has 0 N–H and O–H groups in total. The molecular weight excluding hydrogens is 176 g/mol. The van der Waals surface area contributed by atoms with Gasteiger partial charge < -0.3 is 9.47 Å². The first-order valence-electron chi connectivity index (χ1n) is 6.01. The van der Waals surface area contributed by atoms with E-state index in [1.54, 1.807) is 0 Å². The van der Waals surface area contributed by atoms with E-state index in [4.69, 9.17) is 9.47 Å². The smallest absolute Gasteiger partial charge is 0.160 e. The van der Waals surface area contributed by atoms with Crippen molar-refractivity contribution in [3.63, 3.8) is 0 Å². The zero-order chi connectivity index (χ0) is 10.4. The van der Waals surface area contributed by atoms with Crippen LogP contribution in [0.4, 0.5) is 0 Å². The van der Waals surface area contributed by atoms with Crippen LogP contribution in [0.3, 0.4) is 0 Å². The summed E-state index contributed by atoms with van der Waals surface area (Å²) in [5.41, 5.74) is 0. The van der Waals surface area contributed by atoms with Crippen molar-refractivity contribution in [3.8, 4) is 0 Å². The molecule has 0 saturated heterocycles. The maximum Gasteiger partial charge on any atom is 0.160 e. The Kier molecular flexibility index (Phi) is 5.49. The summed E-state index contributed by atoms with van der Waals surface area (Å²) < 4.78 is 11.3. The lowest BCUT2D eigenvalue weighted by atomic mass is 9.82. The molecule has 0 aliphatic heterocycles. The van der Waals surface area contributed by atoms with Gasteiger partial charge in [-0.1, -0.05) is 19.8 Å². The van der Waals surface area contributed by atoms with Crippen LogP contribution < -0.4 is 0 Å². The topological polar surface area (TPSA) is 18.5 Å². The lowest BCUT2D eigenvalue weighted by molar-refractivity contribution is -0.173. The first-order chi connectivity index (χ1) is 6.77. The summed E-state index contributed by atoms with van der Waals surface area (Å²) in [6.07, 6.45) is 5.26. The normalized spacial score (nSPS) is 28.3. The van der Waals surface area contributed by atoms with E-state index in [0.29, 0.717) is 5.92 Å². The molecule has 1 saturated carbocycles. The Morgan fingerprint density at radius 2 is 1.50 bits per heavy atom. The molecule has 1 rings (SSSR count). The van der Waals surface area contributed by atoms with Crippen molar-refractivity contribution >= 4 is 0 Å². The van der Waals surface area contributed by atoms with Crippen LogP contribution in [0.1, 0.15) is 46.5 Å². The molecule has 1 aliphatic carbocycles. The number of ether oxygens (including phenoxy) is 2. The first kappa shape index (κ1) is 12.0. The van der Waals surface area contributed by atoms with Crippen LogP contribution in [0.15, 0.2) is 0 Å². The van der Waals surface area contributed by atoms with Crippen molar-refractivity contribution in [1.82, 2.24) is 0 Å². The van der Waals surface area contributed by atoms with Crippen molar-refractivity contribution in [2.45, 2.75) is 52.7 Å². The molecule has 2 nitrogen and oxygen atoms in total. The summed E-state index contributed by atoms with van der Waals surface area (Å²) in [6.45, 7) is 7.94. The first-order valence-corrected chi connectivity index (χ1v) is 6.01. The van der Waals surface area contributed by atoms with Gasteiger partial charge in [0.1, 0.15) is 0 Å². The maximum atomic E-state index is 5.63. The van der Waals surface area contributed by atoms with Gasteiger partial charge in [-0.05, 0) is 32.6 Å². The minimum Gasteiger partial charge on any atom is -0.353 e. The standard InChI is InChI=1S/C12H24O2/c1-4-13-12(14-5-2)11-8-6-10(3)7-9-11/h10-12H,4-9H2,1-3H3. The third kappa shape index (κ3) is 3.58. The third-order valence-electron chi connectivity index (χ3n) is 3.11. The van der Waals surface area contributed by atoms with E-state index in [0.717, 1.165) is 19.1 Å². The minimum atomic E-state index is 0.0532. The number of hydrogen-bond acceptors (Lipinski definition) is 2. The van der Waals surface area contributed by atoms with E-state index in [-0.39, 0.29) is 6.29 Å². The highest BCUT2D eigenvalue weighted by atomic mass is 16.7. The van der Waals surface area contributed by atoms with Crippen LogP contribution >= 0.6 is 0 Å². The summed E-state index contributed by atoms with van der Waals surface area (Å²) in [4.78, 5) is 0. The van der Waals surface area contributed by atoms with E-state index in [1.807, 2.05) is 13.8 Å². The fourth-order valence-electron chi connectivity index (χ4n) is 2.21. The zero-order valence-corrected chi connectivity index (χ0v) is 9.79. The van der Waals surface area contributed by atoms with E-state index in [9.17, 15) is 0 Å². The van der Waals surface area contributed by atoms with E-state index < -0.39 is 0 Å². The second kappa shape index (κ2) is 6.41. The predicted octanol–water partition coefficient (Wildman–Crippen LogP) is 3.21. The van der Waals surface area contributed by atoms with Gasteiger partial charge in [0.05, 0.1) is 0 Å². The molecule has 84 valence electrons. The van der Waals surface area contributed by atoms with E-state index in [2.05, 4.69) is 6.92 Å². The third-order valence-corrected chi connectivity index (χ3v) is 3.11. The Labute approximate surface area is 88.0 Å². The minimum absolute atomic E-state index is 0.0532. The lowest BCUT2D eigenvalue weighted by Crippen LogP contribution is -2.30. The molecule has 0 bridgehead atoms. The van der Waals surface area contributed by atoms with E-state index >= 15 is 0 Å². The second-order valence-electron chi connectivity index (χ2n) is 4.30. The van der Waals surface area contributed by atoms with Crippen LogP contribution in [0.5, 0.6) is 0 Å². The molecule has 0 unspecified atom stereocenters. The monoisotopic (exact) mass is 200 g/mol. The van der Waals surface area contributed by atoms with Crippen LogP contribution in [-0.4, -0.2) is 19.5 Å². The van der Waals surface area contributed by atoms with E-state index in [1.165, 1.54) is 25.7 Å². The van der Waals surface area contributed by atoms with Gasteiger partial charge in [0.2, 0.25) is 0 Å². The molecule has 14 heavy (non-hydrogen) atoms. The highest BCUT2D eigenvalue weighted by molar-refractivity contribution is 4.72. The fraction of sp³-hybridized carbons (Fsp3) is 1.00. The van der Waals surface area contributed by atoms with Gasteiger partial charge in [-0.2, -0.15) is 0 Å². The summed E-state index contributed by atoms with van der Waals surface area (Å²) >= 11 is 0. The van der Waals surface area contributed by atoms with Crippen molar-refractivity contribution in [1.29, 1.82) is 0 Å². The largest absolute Gasteiger partial charge is 0.353 e. The molecule has 1 aliphatic rings. The molecule has 1 fully saturated rings. The Morgan fingerprint density at radius 3 is 1.93 bits per heavy atom. The van der Waals surface area contributed by atoms with Gasteiger partial charge in [-0.15, -0.1) is 0 Å². The maximum absolute atomic E-state index is 5.63. The Bertz CT molecular complexity index is 133. The molecule has 0 radical (unpaired) electrons. The Balaban J connectivity index is 2.34. The highest BCUT2D eigenvalue weighted by Gasteiger charge is 2.26. The Morgan fingerprint density at radius 1 is 1.00 bits per heavy atom. The van der Waals surface area contributed by atoms with Crippen LogP contribution in [0.2, 0.25) is 0 Å². The van der Waals surface area contributed by atoms with Crippen LogP contribution in [0.25, 0.3) is 0 Å². The van der Waals surface area contributed by atoms with Crippen LogP contribution in [-0.2, 0) is 9.47 Å². The highest BCUT2D eigenvalue weighted by Crippen LogP contribution is 2.31. The van der Waals surface area contributed by atoms with Gasteiger partial charge >= 0.3 is 0 Å². The number of hydrogen-bond donors (Lipinski definition) is 0. The molecular formula is C12H24O2.